The Bertz CT molecular complexity index is 913. The van der Waals surface area contributed by atoms with Crippen LogP contribution in [-0.4, -0.2) is 23.8 Å². The van der Waals surface area contributed by atoms with Gasteiger partial charge in [0.25, 0.3) is 5.91 Å². The van der Waals surface area contributed by atoms with E-state index < -0.39 is 11.5 Å². The molecule has 3 aromatic carbocycles. The molecule has 0 radical (unpaired) electrons. The molecular weight excluding hydrogens is 352 g/mol. The molecule has 0 aromatic heterocycles. The van der Waals surface area contributed by atoms with E-state index in [4.69, 9.17) is 4.74 Å². The summed E-state index contributed by atoms with van der Waals surface area (Å²) in [7, 11) is 1.60. The van der Waals surface area contributed by atoms with E-state index in [1.807, 2.05) is 36.4 Å². The molecular formula is C23H22N2O3. The van der Waals surface area contributed by atoms with Crippen LogP contribution in [0.1, 0.15) is 23.6 Å². The molecule has 142 valence electrons. The minimum Gasteiger partial charge on any atom is -0.497 e. The van der Waals surface area contributed by atoms with E-state index in [0.717, 1.165) is 11.3 Å². The third kappa shape index (κ3) is 3.94. The molecule has 0 atom stereocenters. The second-order valence-corrected chi connectivity index (χ2v) is 6.31. The summed E-state index contributed by atoms with van der Waals surface area (Å²) in [6.07, 6.45) is 0. The van der Waals surface area contributed by atoms with Crippen molar-refractivity contribution in [2.24, 2.45) is 5.10 Å². The molecule has 0 saturated carbocycles. The van der Waals surface area contributed by atoms with Crippen molar-refractivity contribution >= 4 is 11.6 Å². The van der Waals surface area contributed by atoms with Crippen LogP contribution in [0.2, 0.25) is 0 Å². The molecule has 0 aliphatic carbocycles. The van der Waals surface area contributed by atoms with E-state index in [0.29, 0.717) is 16.8 Å². The molecule has 5 nitrogen and oxygen atoms in total. The number of aliphatic hydroxyl groups is 1. The van der Waals surface area contributed by atoms with Crippen molar-refractivity contribution in [3.05, 3.63) is 102 Å². The first-order valence-corrected chi connectivity index (χ1v) is 8.88. The first-order valence-electron chi connectivity index (χ1n) is 8.88. The molecule has 28 heavy (non-hydrogen) atoms. The van der Waals surface area contributed by atoms with Gasteiger partial charge in [0.2, 0.25) is 0 Å². The highest BCUT2D eigenvalue weighted by Crippen LogP contribution is 2.29. The second-order valence-electron chi connectivity index (χ2n) is 6.31. The zero-order chi connectivity index (χ0) is 20.0. The lowest BCUT2D eigenvalue weighted by Gasteiger charge is -2.27. The Balaban J connectivity index is 1.90. The van der Waals surface area contributed by atoms with Crippen LogP contribution in [0, 0.1) is 0 Å². The third-order valence-electron chi connectivity index (χ3n) is 4.54. The molecule has 0 unspecified atom stereocenters. The summed E-state index contributed by atoms with van der Waals surface area (Å²) >= 11 is 0. The summed E-state index contributed by atoms with van der Waals surface area (Å²) < 4.78 is 5.15. The van der Waals surface area contributed by atoms with Crippen molar-refractivity contribution in [2.75, 3.05) is 7.11 Å². The molecule has 1 amide bonds. The summed E-state index contributed by atoms with van der Waals surface area (Å²) in [5.74, 6) is 0.112. The lowest BCUT2D eigenvalue weighted by atomic mass is 9.85. The summed E-state index contributed by atoms with van der Waals surface area (Å²) in [5.41, 5.74) is 3.04. The number of ether oxygens (including phenoxy) is 1. The van der Waals surface area contributed by atoms with Gasteiger partial charge < -0.3 is 9.84 Å². The molecule has 5 heteroatoms. The van der Waals surface area contributed by atoms with Crippen molar-refractivity contribution in [3.63, 3.8) is 0 Å². The normalized spacial score (nSPS) is 11.8. The maximum absolute atomic E-state index is 13.0. The van der Waals surface area contributed by atoms with Gasteiger partial charge in [-0.3, -0.25) is 4.79 Å². The predicted molar refractivity (Wildman–Crippen MR) is 109 cm³/mol. The molecule has 0 bridgehead atoms. The summed E-state index contributed by atoms with van der Waals surface area (Å²) in [6.45, 7) is 1.78. The highest BCUT2D eigenvalue weighted by molar-refractivity contribution is 6.00. The molecule has 0 heterocycles. The number of hydrazone groups is 1. The summed E-state index contributed by atoms with van der Waals surface area (Å²) in [4.78, 5) is 13.0. The van der Waals surface area contributed by atoms with Crippen molar-refractivity contribution < 1.29 is 14.6 Å². The summed E-state index contributed by atoms with van der Waals surface area (Å²) in [5, 5.41) is 15.6. The number of methoxy groups -OCH3 is 1. The first kappa shape index (κ1) is 19.3. The molecule has 0 fully saturated rings. The first-order chi connectivity index (χ1) is 13.6. The van der Waals surface area contributed by atoms with Crippen LogP contribution in [-0.2, 0) is 10.4 Å². The third-order valence-corrected chi connectivity index (χ3v) is 4.54. The van der Waals surface area contributed by atoms with E-state index in [1.165, 1.54) is 0 Å². The highest BCUT2D eigenvalue weighted by Gasteiger charge is 2.39. The van der Waals surface area contributed by atoms with Crippen LogP contribution in [0.5, 0.6) is 5.75 Å². The topological polar surface area (TPSA) is 70.9 Å². The molecule has 3 aromatic rings. The Kier molecular flexibility index (Phi) is 5.87. The number of amides is 1. The Morgan fingerprint density at radius 2 is 1.39 bits per heavy atom. The molecule has 0 aliphatic rings. The van der Waals surface area contributed by atoms with Crippen LogP contribution in [0.15, 0.2) is 90.0 Å². The molecule has 0 saturated heterocycles. The van der Waals surface area contributed by atoms with Gasteiger partial charge in [-0.25, -0.2) is 5.43 Å². The van der Waals surface area contributed by atoms with Gasteiger partial charge in [-0.15, -0.1) is 0 Å². The molecule has 0 aliphatic heterocycles. The summed E-state index contributed by atoms with van der Waals surface area (Å²) in [6, 6.07) is 25.0. The fourth-order valence-electron chi connectivity index (χ4n) is 2.90. The van der Waals surface area contributed by atoms with Crippen LogP contribution in [0.25, 0.3) is 0 Å². The number of hydrogen-bond donors (Lipinski definition) is 2. The second kappa shape index (κ2) is 8.50. The number of carbonyl (C=O) groups is 1. The van der Waals surface area contributed by atoms with Gasteiger partial charge >= 0.3 is 0 Å². The van der Waals surface area contributed by atoms with Crippen molar-refractivity contribution in [1.82, 2.24) is 5.43 Å². The average molecular weight is 374 g/mol. The minimum absolute atomic E-state index is 0.469. The molecule has 2 N–H and O–H groups in total. The number of nitrogens with zero attached hydrogens (tertiary/aromatic N) is 1. The fourth-order valence-corrected chi connectivity index (χ4v) is 2.90. The van der Waals surface area contributed by atoms with E-state index in [2.05, 4.69) is 10.5 Å². The van der Waals surface area contributed by atoms with E-state index in [9.17, 15) is 9.90 Å². The van der Waals surface area contributed by atoms with Crippen LogP contribution >= 0.6 is 0 Å². The van der Waals surface area contributed by atoms with E-state index in [-0.39, 0.29) is 0 Å². The Morgan fingerprint density at radius 1 is 0.893 bits per heavy atom. The maximum Gasteiger partial charge on any atom is 0.281 e. The predicted octanol–water partition coefficient (Wildman–Crippen LogP) is 3.47. The van der Waals surface area contributed by atoms with Crippen LogP contribution in [0.4, 0.5) is 0 Å². The van der Waals surface area contributed by atoms with Crippen LogP contribution < -0.4 is 10.2 Å². The van der Waals surface area contributed by atoms with Gasteiger partial charge in [-0.2, -0.15) is 5.10 Å². The Labute approximate surface area is 164 Å². The zero-order valence-corrected chi connectivity index (χ0v) is 15.8. The fraction of sp³-hybridized carbons (Fsp3) is 0.130. The number of carbonyl (C=O) groups excluding carboxylic acids is 1. The van der Waals surface area contributed by atoms with Gasteiger partial charge in [0.05, 0.1) is 12.8 Å². The Hall–Kier alpha value is -3.44. The number of rotatable bonds is 6. The number of nitrogens with one attached hydrogen (secondary N) is 1. The van der Waals surface area contributed by atoms with E-state index >= 15 is 0 Å². The van der Waals surface area contributed by atoms with Gasteiger partial charge in [-0.05, 0) is 47.9 Å². The number of hydrogen-bond acceptors (Lipinski definition) is 4. The quantitative estimate of drug-likeness (QED) is 0.513. The van der Waals surface area contributed by atoms with Gasteiger partial charge in [-0.1, -0.05) is 60.7 Å². The van der Waals surface area contributed by atoms with Crippen LogP contribution in [0.3, 0.4) is 0 Å². The lowest BCUT2D eigenvalue weighted by molar-refractivity contribution is -0.136. The van der Waals surface area contributed by atoms with Crippen molar-refractivity contribution in [2.45, 2.75) is 12.5 Å². The monoisotopic (exact) mass is 374 g/mol. The van der Waals surface area contributed by atoms with Crippen molar-refractivity contribution in [3.8, 4) is 5.75 Å². The standard InChI is InChI=1S/C23H22N2O3/c1-17(18-13-15-21(28-2)16-14-18)24-25-22(26)23(27,19-9-5-3-6-10-19)20-11-7-4-8-12-20/h3-16,27H,1-2H3,(H,25,26)/b24-17+. The highest BCUT2D eigenvalue weighted by atomic mass is 16.5. The van der Waals surface area contributed by atoms with Gasteiger partial charge in [0.1, 0.15) is 5.75 Å². The van der Waals surface area contributed by atoms with Gasteiger partial charge in [0, 0.05) is 0 Å². The van der Waals surface area contributed by atoms with Gasteiger partial charge in [0.15, 0.2) is 5.60 Å². The minimum atomic E-state index is -1.85. The molecule has 0 spiro atoms. The molecule has 3 rings (SSSR count). The SMILES string of the molecule is COc1ccc(/C(C)=N/NC(=O)C(O)(c2ccccc2)c2ccccc2)cc1. The smallest absolute Gasteiger partial charge is 0.281 e. The maximum atomic E-state index is 13.0. The average Bonchev–Trinajstić information content (AvgIpc) is 2.77. The largest absolute Gasteiger partial charge is 0.497 e. The lowest BCUT2D eigenvalue weighted by Crippen LogP contribution is -2.43. The van der Waals surface area contributed by atoms with Crippen molar-refractivity contribution in [1.29, 1.82) is 0 Å². The van der Waals surface area contributed by atoms with E-state index in [1.54, 1.807) is 62.6 Å². The number of benzene rings is 3. The zero-order valence-electron chi connectivity index (χ0n) is 15.8. The Morgan fingerprint density at radius 3 is 1.86 bits per heavy atom.